The lowest BCUT2D eigenvalue weighted by Crippen LogP contribution is -2.37. The average molecular weight is 450 g/mol. The van der Waals surface area contributed by atoms with Crippen LogP contribution in [-0.2, 0) is 4.74 Å². The number of benzene rings is 2. The maximum atomic E-state index is 12.6. The van der Waals surface area contributed by atoms with Crippen LogP contribution >= 0.6 is 23.2 Å². The SMILES string of the molecule is CC(C)(C)N=N[C@@H](c1ccc(Cl)c(Cl)c1)[C@H](NC(=O)OC(C)(C)C)c1ccccc1. The molecule has 162 valence electrons. The van der Waals surface area contributed by atoms with Gasteiger partial charge in [-0.3, -0.25) is 0 Å². The van der Waals surface area contributed by atoms with Gasteiger partial charge in [-0.2, -0.15) is 10.2 Å². The highest BCUT2D eigenvalue weighted by Crippen LogP contribution is 2.36. The van der Waals surface area contributed by atoms with Gasteiger partial charge in [0.25, 0.3) is 0 Å². The molecule has 0 spiro atoms. The van der Waals surface area contributed by atoms with E-state index in [1.165, 1.54) is 0 Å². The first-order valence-corrected chi connectivity index (χ1v) is 10.5. The number of hydrogen-bond acceptors (Lipinski definition) is 4. The summed E-state index contributed by atoms with van der Waals surface area (Å²) in [6.07, 6.45) is -0.535. The van der Waals surface area contributed by atoms with E-state index in [2.05, 4.69) is 15.5 Å². The zero-order valence-electron chi connectivity index (χ0n) is 18.2. The van der Waals surface area contributed by atoms with Crippen LogP contribution in [0.1, 0.15) is 64.8 Å². The van der Waals surface area contributed by atoms with E-state index in [1.807, 2.05) is 77.9 Å². The van der Waals surface area contributed by atoms with Gasteiger partial charge in [0.15, 0.2) is 0 Å². The molecule has 0 radical (unpaired) electrons. The molecule has 0 fully saturated rings. The lowest BCUT2D eigenvalue weighted by molar-refractivity contribution is 0.0495. The summed E-state index contributed by atoms with van der Waals surface area (Å²) in [6, 6.07) is 13.8. The first-order valence-electron chi connectivity index (χ1n) is 9.77. The average Bonchev–Trinajstić information content (AvgIpc) is 2.62. The van der Waals surface area contributed by atoms with Crippen LogP contribution in [0.3, 0.4) is 0 Å². The zero-order chi connectivity index (χ0) is 22.5. The molecule has 2 aromatic rings. The Kier molecular flexibility index (Phi) is 7.89. The molecule has 2 rings (SSSR count). The fraction of sp³-hybridized carbons (Fsp3) is 0.435. The highest BCUT2D eigenvalue weighted by atomic mass is 35.5. The van der Waals surface area contributed by atoms with Crippen molar-refractivity contribution in [1.82, 2.24) is 5.32 Å². The minimum atomic E-state index is -0.628. The summed E-state index contributed by atoms with van der Waals surface area (Å²) in [6.45, 7) is 11.3. The first-order chi connectivity index (χ1) is 13.9. The monoisotopic (exact) mass is 449 g/mol. The van der Waals surface area contributed by atoms with Gasteiger partial charge < -0.3 is 10.1 Å². The lowest BCUT2D eigenvalue weighted by Gasteiger charge is -2.28. The number of alkyl carbamates (subject to hydrolysis) is 1. The molecule has 5 nitrogen and oxygen atoms in total. The molecule has 0 aliphatic carbocycles. The highest BCUT2D eigenvalue weighted by Gasteiger charge is 2.29. The van der Waals surface area contributed by atoms with Gasteiger partial charge >= 0.3 is 6.09 Å². The van der Waals surface area contributed by atoms with Crippen molar-refractivity contribution in [3.8, 4) is 0 Å². The summed E-state index contributed by atoms with van der Waals surface area (Å²) in [5.41, 5.74) is 0.633. The Morgan fingerprint density at radius 1 is 0.933 bits per heavy atom. The number of azo groups is 1. The molecule has 0 aromatic heterocycles. The van der Waals surface area contributed by atoms with Crippen molar-refractivity contribution >= 4 is 29.3 Å². The molecule has 2 atom stereocenters. The van der Waals surface area contributed by atoms with Crippen LogP contribution < -0.4 is 5.32 Å². The Hall–Kier alpha value is -2.11. The Morgan fingerprint density at radius 2 is 1.57 bits per heavy atom. The molecule has 0 aliphatic heterocycles. The van der Waals surface area contributed by atoms with Crippen molar-refractivity contribution in [1.29, 1.82) is 0 Å². The van der Waals surface area contributed by atoms with Gasteiger partial charge in [0.1, 0.15) is 11.6 Å². The molecule has 30 heavy (non-hydrogen) atoms. The summed E-state index contributed by atoms with van der Waals surface area (Å²) in [5.74, 6) is 0. The van der Waals surface area contributed by atoms with Crippen LogP contribution in [0.2, 0.25) is 10.0 Å². The molecule has 0 aliphatic rings. The number of hydrogen-bond donors (Lipinski definition) is 1. The fourth-order valence-electron chi connectivity index (χ4n) is 2.70. The van der Waals surface area contributed by atoms with Crippen LogP contribution in [0.4, 0.5) is 4.79 Å². The van der Waals surface area contributed by atoms with Crippen LogP contribution in [0.25, 0.3) is 0 Å². The Balaban J connectivity index is 2.54. The Bertz CT molecular complexity index is 888. The quantitative estimate of drug-likeness (QED) is 0.478. The van der Waals surface area contributed by atoms with Gasteiger partial charge in [-0.15, -0.1) is 0 Å². The first kappa shape index (κ1) is 24.2. The van der Waals surface area contributed by atoms with E-state index in [0.29, 0.717) is 10.0 Å². The molecule has 2 aromatic carbocycles. The molecular formula is C23H29Cl2N3O2. The third-order valence-electron chi connectivity index (χ3n) is 3.91. The van der Waals surface area contributed by atoms with Gasteiger partial charge in [-0.25, -0.2) is 4.79 Å². The van der Waals surface area contributed by atoms with Gasteiger partial charge in [0.05, 0.1) is 21.6 Å². The number of carbonyl (C=O) groups excluding carboxylic acids is 1. The maximum absolute atomic E-state index is 12.6. The maximum Gasteiger partial charge on any atom is 0.408 e. The number of amides is 1. The molecule has 0 unspecified atom stereocenters. The van der Waals surface area contributed by atoms with E-state index in [4.69, 9.17) is 27.9 Å². The molecule has 0 saturated carbocycles. The van der Waals surface area contributed by atoms with Crippen molar-refractivity contribution in [3.63, 3.8) is 0 Å². The van der Waals surface area contributed by atoms with E-state index < -0.39 is 23.8 Å². The predicted octanol–water partition coefficient (Wildman–Crippen LogP) is 7.55. The standard InChI is InChI=1S/C23H29Cl2N3O2/c1-22(2,3)28-27-20(16-12-13-17(24)18(25)14-16)19(15-10-8-7-9-11-15)26-21(29)30-23(4,5)6/h7-14,19-20H,1-6H3,(H,26,29)/t19-,20+/m1/s1. The lowest BCUT2D eigenvalue weighted by atomic mass is 9.94. The van der Waals surface area contributed by atoms with Crippen LogP contribution in [0, 0.1) is 0 Å². The minimum absolute atomic E-state index is 0.387. The number of halogens is 2. The van der Waals surface area contributed by atoms with Gasteiger partial charge in [-0.1, -0.05) is 59.6 Å². The molecule has 0 saturated heterocycles. The van der Waals surface area contributed by atoms with Crippen LogP contribution in [0.15, 0.2) is 58.8 Å². The minimum Gasteiger partial charge on any atom is -0.444 e. The second kappa shape index (κ2) is 9.80. The summed E-state index contributed by atoms with van der Waals surface area (Å²) in [7, 11) is 0. The third-order valence-corrected chi connectivity index (χ3v) is 4.65. The van der Waals surface area contributed by atoms with Crippen molar-refractivity contribution in [2.45, 2.75) is 64.8 Å². The highest BCUT2D eigenvalue weighted by molar-refractivity contribution is 6.42. The number of nitrogens with one attached hydrogen (secondary N) is 1. The van der Waals surface area contributed by atoms with Crippen molar-refractivity contribution in [2.75, 3.05) is 0 Å². The summed E-state index contributed by atoms with van der Waals surface area (Å²) >= 11 is 12.4. The van der Waals surface area contributed by atoms with E-state index in [0.717, 1.165) is 11.1 Å². The smallest absolute Gasteiger partial charge is 0.408 e. The molecule has 0 heterocycles. The topological polar surface area (TPSA) is 63.0 Å². The second-order valence-corrected chi connectivity index (χ2v) is 9.85. The van der Waals surface area contributed by atoms with E-state index >= 15 is 0 Å². The number of nitrogens with zero attached hydrogens (tertiary/aromatic N) is 2. The molecule has 0 bridgehead atoms. The Morgan fingerprint density at radius 3 is 2.10 bits per heavy atom. The van der Waals surface area contributed by atoms with Crippen molar-refractivity contribution < 1.29 is 9.53 Å². The number of carbonyl (C=O) groups is 1. The molecule has 1 N–H and O–H groups in total. The third kappa shape index (κ3) is 7.62. The number of rotatable bonds is 5. The Labute approximate surface area is 188 Å². The van der Waals surface area contributed by atoms with E-state index in [9.17, 15) is 4.79 Å². The van der Waals surface area contributed by atoms with Gasteiger partial charge in [-0.05, 0) is 64.8 Å². The van der Waals surface area contributed by atoms with Gasteiger partial charge in [0.2, 0.25) is 0 Å². The van der Waals surface area contributed by atoms with E-state index in [-0.39, 0.29) is 5.54 Å². The summed E-state index contributed by atoms with van der Waals surface area (Å²) < 4.78 is 5.49. The molecule has 1 amide bonds. The number of ether oxygens (including phenoxy) is 1. The van der Waals surface area contributed by atoms with Crippen LogP contribution in [-0.4, -0.2) is 17.2 Å². The summed E-state index contributed by atoms with van der Waals surface area (Å²) in [4.78, 5) is 12.6. The normalized spacial score (nSPS) is 14.4. The largest absolute Gasteiger partial charge is 0.444 e. The molecular weight excluding hydrogens is 421 g/mol. The fourth-order valence-corrected chi connectivity index (χ4v) is 3.00. The zero-order valence-corrected chi connectivity index (χ0v) is 19.8. The van der Waals surface area contributed by atoms with E-state index in [1.54, 1.807) is 12.1 Å². The van der Waals surface area contributed by atoms with Gasteiger partial charge in [0, 0.05) is 0 Å². The van der Waals surface area contributed by atoms with Crippen molar-refractivity contribution in [2.24, 2.45) is 10.2 Å². The second-order valence-electron chi connectivity index (χ2n) is 9.04. The van der Waals surface area contributed by atoms with Crippen molar-refractivity contribution in [3.05, 3.63) is 69.7 Å². The molecule has 7 heteroatoms. The van der Waals surface area contributed by atoms with Crippen LogP contribution in [0.5, 0.6) is 0 Å². The predicted molar refractivity (Wildman–Crippen MR) is 122 cm³/mol. The summed E-state index contributed by atoms with van der Waals surface area (Å²) in [5, 5.41) is 12.9.